The van der Waals surface area contributed by atoms with E-state index in [2.05, 4.69) is 150 Å². The molecule has 228 valence electrons. The molecule has 0 saturated heterocycles. The predicted octanol–water partition coefficient (Wildman–Crippen LogP) is 10.0. The van der Waals surface area contributed by atoms with Gasteiger partial charge in [-0.3, -0.25) is 5.32 Å². The van der Waals surface area contributed by atoms with Gasteiger partial charge in [-0.2, -0.15) is 5.26 Å². The molecule has 0 aromatic heterocycles. The Morgan fingerprint density at radius 2 is 1.06 bits per heavy atom. The van der Waals surface area contributed by atoms with Crippen LogP contribution in [0.4, 0.5) is 0 Å². The lowest BCUT2D eigenvalue weighted by atomic mass is 9.89. The van der Waals surface area contributed by atoms with Crippen LogP contribution in [0, 0.1) is 11.3 Å². The van der Waals surface area contributed by atoms with E-state index in [-0.39, 0.29) is 12.3 Å². The average Bonchev–Trinajstić information content (AvgIpc) is 3.18. The average molecular weight is 617 g/mol. The van der Waals surface area contributed by atoms with E-state index >= 15 is 0 Å². The van der Waals surface area contributed by atoms with Crippen LogP contribution in [-0.4, -0.2) is 5.84 Å². The van der Waals surface area contributed by atoms with E-state index in [0.29, 0.717) is 5.56 Å². The number of nitrogens with zero attached hydrogens (tertiary/aromatic N) is 2. The van der Waals surface area contributed by atoms with Gasteiger partial charge < -0.3 is 5.32 Å². The van der Waals surface area contributed by atoms with Crippen molar-refractivity contribution in [1.29, 1.82) is 5.26 Å². The third-order valence-corrected chi connectivity index (χ3v) is 9.03. The topological polar surface area (TPSA) is 60.2 Å². The molecule has 0 spiro atoms. The Morgan fingerprint density at radius 1 is 0.500 bits per heavy atom. The van der Waals surface area contributed by atoms with E-state index < -0.39 is 0 Å². The molecule has 7 aromatic rings. The quantitative estimate of drug-likeness (QED) is 0.195. The van der Waals surface area contributed by atoms with Crippen LogP contribution in [-0.2, 0) is 0 Å². The Kier molecular flexibility index (Phi) is 7.80. The standard InChI is InChI=1S/C44H32N4/c45-29-30-15-17-31(18-16-30)32-19-23-35(24-20-32)41-39-14-8-7-9-33(39)27-28-40(41)34-21-25-38(26-22-34)44-47-42(36-10-3-1-4-11-36)46-43(48-44)37-12-5-2-6-13-37/h1-28,42-43,46H,(H,47,48). The van der Waals surface area contributed by atoms with Gasteiger partial charge in [0.2, 0.25) is 0 Å². The molecule has 4 heteroatoms. The zero-order valence-electron chi connectivity index (χ0n) is 26.2. The number of rotatable bonds is 6. The summed E-state index contributed by atoms with van der Waals surface area (Å²) in [6.45, 7) is 0. The number of nitrogens with one attached hydrogen (secondary N) is 2. The minimum absolute atomic E-state index is 0.0806. The fourth-order valence-corrected chi connectivity index (χ4v) is 6.53. The minimum Gasteiger partial charge on any atom is -0.350 e. The lowest BCUT2D eigenvalue weighted by Gasteiger charge is -2.32. The summed E-state index contributed by atoms with van der Waals surface area (Å²) >= 11 is 0. The van der Waals surface area contributed by atoms with Crippen molar-refractivity contribution >= 4 is 16.6 Å². The number of aliphatic imine (C=N–C) groups is 1. The monoisotopic (exact) mass is 616 g/mol. The van der Waals surface area contributed by atoms with Gasteiger partial charge in [-0.25, -0.2) is 4.99 Å². The Labute approximate surface area is 280 Å². The minimum atomic E-state index is -0.174. The van der Waals surface area contributed by atoms with Gasteiger partial charge in [-0.15, -0.1) is 0 Å². The van der Waals surface area contributed by atoms with Crippen molar-refractivity contribution in [3.8, 4) is 39.4 Å². The third-order valence-electron chi connectivity index (χ3n) is 9.03. The molecule has 8 rings (SSSR count). The molecule has 48 heavy (non-hydrogen) atoms. The van der Waals surface area contributed by atoms with Gasteiger partial charge in [-0.05, 0) is 67.4 Å². The summed E-state index contributed by atoms with van der Waals surface area (Å²) in [6.07, 6.45) is -0.255. The van der Waals surface area contributed by atoms with E-state index in [9.17, 15) is 5.26 Å². The van der Waals surface area contributed by atoms with Crippen molar-refractivity contribution in [3.63, 3.8) is 0 Å². The van der Waals surface area contributed by atoms with Crippen molar-refractivity contribution in [3.05, 3.63) is 192 Å². The maximum Gasteiger partial charge on any atom is 0.131 e. The molecule has 0 saturated carbocycles. The SMILES string of the molecule is N#Cc1ccc(-c2ccc(-c3c(-c4ccc(C5=NC(c6ccccc6)NC(c6ccccc6)N5)cc4)ccc4ccccc34)cc2)cc1. The van der Waals surface area contributed by atoms with Crippen LogP contribution in [0.15, 0.2) is 175 Å². The van der Waals surface area contributed by atoms with Crippen LogP contribution in [0.1, 0.15) is 34.6 Å². The first-order chi connectivity index (χ1) is 23.7. The van der Waals surface area contributed by atoms with E-state index in [0.717, 1.165) is 44.8 Å². The van der Waals surface area contributed by atoms with E-state index in [1.54, 1.807) is 0 Å². The first-order valence-corrected chi connectivity index (χ1v) is 16.2. The molecule has 4 nitrogen and oxygen atoms in total. The Hall–Kier alpha value is -6.28. The zero-order valence-corrected chi connectivity index (χ0v) is 26.2. The highest BCUT2D eigenvalue weighted by atomic mass is 15.3. The first kappa shape index (κ1) is 29.1. The second-order valence-corrected chi connectivity index (χ2v) is 12.0. The van der Waals surface area contributed by atoms with Gasteiger partial charge in [0, 0.05) is 5.56 Å². The summed E-state index contributed by atoms with van der Waals surface area (Å²) < 4.78 is 0. The number of hydrogen-bond acceptors (Lipinski definition) is 4. The normalized spacial score (nSPS) is 15.7. The lowest BCUT2D eigenvalue weighted by Crippen LogP contribution is -2.44. The Balaban J connectivity index is 1.16. The molecule has 2 unspecified atom stereocenters. The van der Waals surface area contributed by atoms with Crippen LogP contribution < -0.4 is 10.6 Å². The molecular formula is C44H32N4. The summed E-state index contributed by atoms with van der Waals surface area (Å²) in [6, 6.07) is 61.3. The molecule has 0 amide bonds. The van der Waals surface area contributed by atoms with Crippen molar-refractivity contribution in [2.24, 2.45) is 4.99 Å². The summed E-state index contributed by atoms with van der Waals surface area (Å²) in [7, 11) is 0. The van der Waals surface area contributed by atoms with Gasteiger partial charge in [-0.1, -0.05) is 158 Å². The van der Waals surface area contributed by atoms with Crippen LogP contribution >= 0.6 is 0 Å². The fourth-order valence-electron chi connectivity index (χ4n) is 6.53. The number of fused-ring (bicyclic) bond motifs is 1. The molecule has 7 aromatic carbocycles. The molecule has 2 atom stereocenters. The van der Waals surface area contributed by atoms with E-state index in [4.69, 9.17) is 4.99 Å². The summed E-state index contributed by atoms with van der Waals surface area (Å²) in [4.78, 5) is 5.13. The van der Waals surface area contributed by atoms with Gasteiger partial charge in [0.1, 0.15) is 18.2 Å². The highest BCUT2D eigenvalue weighted by Gasteiger charge is 2.25. The zero-order chi connectivity index (χ0) is 32.3. The van der Waals surface area contributed by atoms with Gasteiger partial charge in [0.05, 0.1) is 11.6 Å². The summed E-state index contributed by atoms with van der Waals surface area (Å²) in [5.41, 5.74) is 10.9. The number of amidine groups is 1. The molecule has 0 bridgehead atoms. The second-order valence-electron chi connectivity index (χ2n) is 12.0. The number of nitriles is 1. The molecule has 1 aliphatic rings. The maximum absolute atomic E-state index is 9.20. The summed E-state index contributed by atoms with van der Waals surface area (Å²) in [5, 5.41) is 18.9. The van der Waals surface area contributed by atoms with Gasteiger partial charge in [0.15, 0.2) is 0 Å². The molecule has 0 radical (unpaired) electrons. The van der Waals surface area contributed by atoms with Crippen molar-refractivity contribution < 1.29 is 0 Å². The Bertz CT molecular complexity index is 2270. The fraction of sp³-hybridized carbons (Fsp3) is 0.0455. The van der Waals surface area contributed by atoms with Crippen molar-refractivity contribution in [2.45, 2.75) is 12.3 Å². The highest BCUT2D eigenvalue weighted by molar-refractivity contribution is 6.05. The van der Waals surface area contributed by atoms with Crippen molar-refractivity contribution in [2.75, 3.05) is 0 Å². The van der Waals surface area contributed by atoms with Gasteiger partial charge in [0.25, 0.3) is 0 Å². The second kappa shape index (κ2) is 12.8. The van der Waals surface area contributed by atoms with Gasteiger partial charge >= 0.3 is 0 Å². The number of hydrogen-bond donors (Lipinski definition) is 2. The molecule has 0 aliphatic carbocycles. The van der Waals surface area contributed by atoms with Crippen molar-refractivity contribution in [1.82, 2.24) is 10.6 Å². The molecule has 1 heterocycles. The third kappa shape index (κ3) is 5.76. The smallest absolute Gasteiger partial charge is 0.131 e. The van der Waals surface area contributed by atoms with Crippen LogP contribution in [0.5, 0.6) is 0 Å². The highest BCUT2D eigenvalue weighted by Crippen LogP contribution is 2.39. The predicted molar refractivity (Wildman–Crippen MR) is 196 cm³/mol. The lowest BCUT2D eigenvalue weighted by molar-refractivity contribution is 0.409. The maximum atomic E-state index is 9.20. The molecule has 2 N–H and O–H groups in total. The van der Waals surface area contributed by atoms with Crippen LogP contribution in [0.3, 0.4) is 0 Å². The molecule has 1 aliphatic heterocycles. The molecule has 0 fully saturated rings. The van der Waals surface area contributed by atoms with Crippen LogP contribution in [0.2, 0.25) is 0 Å². The largest absolute Gasteiger partial charge is 0.350 e. The van der Waals surface area contributed by atoms with E-state index in [1.807, 2.05) is 36.4 Å². The first-order valence-electron chi connectivity index (χ1n) is 16.2. The summed E-state index contributed by atoms with van der Waals surface area (Å²) in [5.74, 6) is 0.861. The Morgan fingerprint density at radius 3 is 1.75 bits per heavy atom. The van der Waals surface area contributed by atoms with Crippen LogP contribution in [0.25, 0.3) is 44.2 Å². The molecular weight excluding hydrogens is 585 g/mol. The number of benzene rings is 7. The van der Waals surface area contributed by atoms with E-state index in [1.165, 1.54) is 21.9 Å².